The Morgan fingerprint density at radius 2 is 1.71 bits per heavy atom. The molecule has 3 aromatic rings. The summed E-state index contributed by atoms with van der Waals surface area (Å²) in [5.41, 5.74) is 5.13. The molecule has 0 fully saturated rings. The summed E-state index contributed by atoms with van der Waals surface area (Å²) in [6.07, 6.45) is 0.362. The molecule has 0 saturated heterocycles. The fourth-order valence-corrected chi connectivity index (χ4v) is 2.41. The van der Waals surface area contributed by atoms with Crippen molar-refractivity contribution in [3.8, 4) is 0 Å². The number of hydrogen-bond donors (Lipinski definition) is 2. The van der Waals surface area contributed by atoms with Gasteiger partial charge in [-0.1, -0.05) is 18.2 Å². The van der Waals surface area contributed by atoms with Crippen LogP contribution in [0.25, 0.3) is 11.0 Å². The first-order chi connectivity index (χ1) is 10.0. The number of fused-ring (bicyclic) bond motifs is 1. The van der Waals surface area contributed by atoms with Gasteiger partial charge in [-0.2, -0.15) is 0 Å². The van der Waals surface area contributed by atoms with E-state index in [1.165, 1.54) is 11.1 Å². The maximum absolute atomic E-state index is 12.4. The Labute approximate surface area is 121 Å². The first kappa shape index (κ1) is 13.4. The molecule has 0 aliphatic rings. The van der Waals surface area contributed by atoms with Crippen LogP contribution in [0.2, 0.25) is 0 Å². The van der Waals surface area contributed by atoms with Gasteiger partial charge in [-0.25, -0.2) is 4.79 Å². The Bertz CT molecular complexity index is 887. The molecule has 106 valence electrons. The third-order valence-corrected chi connectivity index (χ3v) is 3.77. The second-order valence-corrected chi connectivity index (χ2v) is 5.36. The fourth-order valence-electron chi connectivity index (χ4n) is 2.41. The molecule has 4 heteroatoms. The Morgan fingerprint density at radius 1 is 0.952 bits per heavy atom. The van der Waals surface area contributed by atoms with Gasteiger partial charge in [0.15, 0.2) is 5.78 Å². The van der Waals surface area contributed by atoms with Gasteiger partial charge in [-0.15, -0.1) is 0 Å². The van der Waals surface area contributed by atoms with Crippen molar-refractivity contribution in [3.05, 3.63) is 69.1 Å². The van der Waals surface area contributed by atoms with Crippen molar-refractivity contribution >= 4 is 16.8 Å². The minimum atomic E-state index is -0.260. The first-order valence-corrected chi connectivity index (χ1v) is 6.84. The number of imidazole rings is 1. The number of carbonyl (C=O) groups is 1. The van der Waals surface area contributed by atoms with Crippen LogP contribution < -0.4 is 5.69 Å². The number of carbonyl (C=O) groups excluding carboxylic acids is 1. The van der Waals surface area contributed by atoms with Gasteiger partial charge in [-0.05, 0) is 48.7 Å². The predicted molar refractivity (Wildman–Crippen MR) is 82.9 cm³/mol. The molecule has 1 aromatic heterocycles. The average molecular weight is 280 g/mol. The molecule has 0 saturated carbocycles. The van der Waals surface area contributed by atoms with Crippen molar-refractivity contribution in [2.24, 2.45) is 0 Å². The van der Waals surface area contributed by atoms with Gasteiger partial charge in [-0.3, -0.25) is 4.79 Å². The number of aromatic nitrogens is 2. The molecule has 0 amide bonds. The SMILES string of the molecule is Cc1ccc(CC(=O)c2ccc3[nH]c(=O)[nH]c3c2)cc1C. The van der Waals surface area contributed by atoms with E-state index in [9.17, 15) is 9.59 Å². The highest BCUT2D eigenvalue weighted by molar-refractivity contribution is 6.00. The smallest absolute Gasteiger partial charge is 0.306 e. The molecule has 0 bridgehead atoms. The molecule has 0 unspecified atom stereocenters. The zero-order valence-electron chi connectivity index (χ0n) is 12.0. The number of aryl methyl sites for hydroxylation is 2. The Kier molecular flexibility index (Phi) is 3.22. The van der Waals surface area contributed by atoms with Crippen LogP contribution in [0.4, 0.5) is 0 Å². The molecule has 21 heavy (non-hydrogen) atoms. The summed E-state index contributed by atoms with van der Waals surface area (Å²) in [7, 11) is 0. The predicted octanol–water partition coefficient (Wildman–Crippen LogP) is 2.90. The molecule has 0 aliphatic carbocycles. The van der Waals surface area contributed by atoms with Crippen LogP contribution in [0.15, 0.2) is 41.2 Å². The largest absolute Gasteiger partial charge is 0.323 e. The zero-order valence-corrected chi connectivity index (χ0v) is 12.0. The lowest BCUT2D eigenvalue weighted by atomic mass is 9.99. The van der Waals surface area contributed by atoms with Crippen LogP contribution in [0.5, 0.6) is 0 Å². The van der Waals surface area contributed by atoms with Gasteiger partial charge in [0.25, 0.3) is 0 Å². The first-order valence-electron chi connectivity index (χ1n) is 6.84. The number of aromatic amines is 2. The van der Waals surface area contributed by atoms with E-state index in [2.05, 4.69) is 16.9 Å². The van der Waals surface area contributed by atoms with Gasteiger partial charge in [0.1, 0.15) is 0 Å². The highest BCUT2D eigenvalue weighted by Crippen LogP contribution is 2.15. The standard InChI is InChI=1S/C17H16N2O2/c1-10-3-4-12(7-11(10)2)8-16(20)13-5-6-14-15(9-13)19-17(21)18-14/h3-7,9H,8H2,1-2H3,(H2,18,19,21). The molecule has 2 aromatic carbocycles. The highest BCUT2D eigenvalue weighted by Gasteiger charge is 2.09. The minimum Gasteiger partial charge on any atom is -0.306 e. The van der Waals surface area contributed by atoms with E-state index >= 15 is 0 Å². The van der Waals surface area contributed by atoms with Crippen LogP contribution in [0.3, 0.4) is 0 Å². The molecule has 0 atom stereocenters. The van der Waals surface area contributed by atoms with E-state index in [4.69, 9.17) is 0 Å². The van der Waals surface area contributed by atoms with Crippen LogP contribution in [-0.2, 0) is 6.42 Å². The topological polar surface area (TPSA) is 65.7 Å². The van der Waals surface area contributed by atoms with Crippen molar-refractivity contribution < 1.29 is 4.79 Å². The summed E-state index contributed by atoms with van der Waals surface area (Å²) in [6.45, 7) is 4.09. The second kappa shape index (κ2) is 5.05. The van der Waals surface area contributed by atoms with Gasteiger partial charge in [0.05, 0.1) is 11.0 Å². The monoisotopic (exact) mass is 280 g/mol. The Morgan fingerprint density at radius 3 is 2.48 bits per heavy atom. The summed E-state index contributed by atoms with van der Waals surface area (Å²) >= 11 is 0. The van der Waals surface area contributed by atoms with Crippen molar-refractivity contribution in [3.63, 3.8) is 0 Å². The van der Waals surface area contributed by atoms with E-state index in [1.807, 2.05) is 25.1 Å². The lowest BCUT2D eigenvalue weighted by Crippen LogP contribution is -2.04. The minimum absolute atomic E-state index is 0.0437. The summed E-state index contributed by atoms with van der Waals surface area (Å²) in [6, 6.07) is 11.3. The summed E-state index contributed by atoms with van der Waals surface area (Å²) in [5.74, 6) is 0.0437. The number of benzene rings is 2. The van der Waals surface area contributed by atoms with E-state index < -0.39 is 0 Å². The normalized spacial score (nSPS) is 11.0. The molecular formula is C17H16N2O2. The molecule has 0 aliphatic heterocycles. The van der Waals surface area contributed by atoms with Gasteiger partial charge in [0, 0.05) is 12.0 Å². The second-order valence-electron chi connectivity index (χ2n) is 5.36. The number of rotatable bonds is 3. The quantitative estimate of drug-likeness (QED) is 0.724. The van der Waals surface area contributed by atoms with E-state index in [1.54, 1.807) is 18.2 Å². The summed E-state index contributed by atoms with van der Waals surface area (Å²) in [4.78, 5) is 28.9. The lowest BCUT2D eigenvalue weighted by molar-refractivity contribution is 0.0993. The molecule has 1 heterocycles. The third-order valence-electron chi connectivity index (χ3n) is 3.77. The van der Waals surface area contributed by atoms with Gasteiger partial charge in [0.2, 0.25) is 0 Å². The zero-order chi connectivity index (χ0) is 15.0. The number of nitrogens with one attached hydrogen (secondary N) is 2. The van der Waals surface area contributed by atoms with Gasteiger partial charge < -0.3 is 9.97 Å². The highest BCUT2D eigenvalue weighted by atomic mass is 16.1. The third kappa shape index (κ3) is 2.65. The summed E-state index contributed by atoms with van der Waals surface area (Å²) < 4.78 is 0. The Hall–Kier alpha value is -2.62. The van der Waals surface area contributed by atoms with Crippen molar-refractivity contribution in [2.45, 2.75) is 20.3 Å². The number of H-pyrrole nitrogens is 2. The van der Waals surface area contributed by atoms with Crippen molar-refractivity contribution in [1.82, 2.24) is 9.97 Å². The van der Waals surface area contributed by atoms with E-state index in [-0.39, 0.29) is 11.5 Å². The average Bonchev–Trinajstić information content (AvgIpc) is 2.82. The fraction of sp³-hybridized carbons (Fsp3) is 0.176. The summed E-state index contributed by atoms with van der Waals surface area (Å²) in [5, 5.41) is 0. The van der Waals surface area contributed by atoms with E-state index in [0.29, 0.717) is 23.0 Å². The van der Waals surface area contributed by atoms with Crippen LogP contribution in [0.1, 0.15) is 27.0 Å². The van der Waals surface area contributed by atoms with Gasteiger partial charge >= 0.3 is 5.69 Å². The maximum atomic E-state index is 12.4. The number of hydrogen-bond acceptors (Lipinski definition) is 2. The molecule has 3 rings (SSSR count). The maximum Gasteiger partial charge on any atom is 0.323 e. The number of Topliss-reactive ketones (excluding diaryl/α,β-unsaturated/α-hetero) is 1. The van der Waals surface area contributed by atoms with Crippen LogP contribution >= 0.6 is 0 Å². The molecular weight excluding hydrogens is 264 g/mol. The number of ketones is 1. The Balaban J connectivity index is 1.89. The molecule has 4 nitrogen and oxygen atoms in total. The lowest BCUT2D eigenvalue weighted by Gasteiger charge is -2.05. The van der Waals surface area contributed by atoms with Crippen LogP contribution in [0, 0.1) is 13.8 Å². The molecule has 2 N–H and O–H groups in total. The van der Waals surface area contributed by atoms with Crippen molar-refractivity contribution in [1.29, 1.82) is 0 Å². The molecule has 0 radical (unpaired) electrons. The molecule has 0 spiro atoms. The van der Waals surface area contributed by atoms with Crippen LogP contribution in [-0.4, -0.2) is 15.8 Å². The van der Waals surface area contributed by atoms with Crippen molar-refractivity contribution in [2.75, 3.05) is 0 Å². The van der Waals surface area contributed by atoms with E-state index in [0.717, 1.165) is 5.56 Å².